The molecule has 0 bridgehead atoms. The minimum absolute atomic E-state index is 0.208. The number of benzene rings is 1. The first kappa shape index (κ1) is 13.2. The van der Waals surface area contributed by atoms with Gasteiger partial charge in [-0.25, -0.2) is 0 Å². The maximum Gasteiger partial charge on any atom is 0.249 e. The van der Waals surface area contributed by atoms with Crippen LogP contribution in [0.2, 0.25) is 0 Å². The summed E-state index contributed by atoms with van der Waals surface area (Å²) >= 11 is 1.32. The number of carbonyl (C=O) groups is 1. The van der Waals surface area contributed by atoms with Gasteiger partial charge in [-0.05, 0) is 37.3 Å². The van der Waals surface area contributed by atoms with Crippen molar-refractivity contribution in [3.8, 4) is 16.3 Å². The molecule has 0 atom stereocenters. The number of nitrogens with zero attached hydrogens (tertiary/aromatic N) is 2. The predicted octanol–water partition coefficient (Wildman–Crippen LogP) is 2.73. The molecule has 0 aliphatic carbocycles. The molecule has 1 heterocycles. The molecule has 19 heavy (non-hydrogen) atoms. The first-order valence-electron chi connectivity index (χ1n) is 5.64. The topological polar surface area (TPSA) is 64.1 Å². The number of hydrogen-bond donors (Lipinski definition) is 1. The first-order valence-corrected chi connectivity index (χ1v) is 6.46. The van der Waals surface area contributed by atoms with Crippen LogP contribution in [0, 0.1) is 0 Å². The summed E-state index contributed by atoms with van der Waals surface area (Å²) in [4.78, 5) is 11.4. The molecule has 0 spiro atoms. The van der Waals surface area contributed by atoms with Gasteiger partial charge in [-0.2, -0.15) is 0 Å². The zero-order valence-corrected chi connectivity index (χ0v) is 11.4. The monoisotopic (exact) mass is 275 g/mol. The average Bonchev–Trinajstić information content (AvgIpc) is 2.87. The van der Waals surface area contributed by atoms with Crippen molar-refractivity contribution in [1.29, 1.82) is 0 Å². The van der Waals surface area contributed by atoms with Crippen molar-refractivity contribution in [2.45, 2.75) is 6.92 Å². The molecule has 1 aromatic heterocycles. The fourth-order valence-electron chi connectivity index (χ4n) is 1.42. The Bertz CT molecular complexity index is 590. The maximum absolute atomic E-state index is 11.4. The largest absolute Gasteiger partial charge is 0.497 e. The second-order valence-electron chi connectivity index (χ2n) is 3.63. The van der Waals surface area contributed by atoms with Crippen LogP contribution >= 0.6 is 11.3 Å². The van der Waals surface area contributed by atoms with E-state index in [9.17, 15) is 4.79 Å². The number of amides is 1. The van der Waals surface area contributed by atoms with Crippen LogP contribution in [-0.4, -0.2) is 23.2 Å². The lowest BCUT2D eigenvalue weighted by Crippen LogP contribution is -2.07. The highest BCUT2D eigenvalue weighted by atomic mass is 32.1. The Hall–Kier alpha value is -2.21. The van der Waals surface area contributed by atoms with Crippen LogP contribution in [0.3, 0.4) is 0 Å². The molecule has 6 heteroatoms. The molecule has 1 aromatic carbocycles. The van der Waals surface area contributed by atoms with E-state index >= 15 is 0 Å². The van der Waals surface area contributed by atoms with Gasteiger partial charge in [0, 0.05) is 5.56 Å². The van der Waals surface area contributed by atoms with Crippen molar-refractivity contribution < 1.29 is 9.53 Å². The Morgan fingerprint density at radius 2 is 2.05 bits per heavy atom. The normalized spacial score (nSPS) is 10.6. The number of rotatable bonds is 4. The van der Waals surface area contributed by atoms with Crippen LogP contribution in [0.25, 0.3) is 10.6 Å². The van der Waals surface area contributed by atoms with E-state index in [4.69, 9.17) is 4.74 Å². The van der Waals surface area contributed by atoms with Gasteiger partial charge in [0.15, 0.2) is 0 Å². The van der Waals surface area contributed by atoms with Crippen LogP contribution in [-0.2, 0) is 4.79 Å². The van der Waals surface area contributed by atoms with Gasteiger partial charge in [0.2, 0.25) is 11.0 Å². The molecule has 2 rings (SSSR count). The fraction of sp³-hybridized carbons (Fsp3) is 0.154. The van der Waals surface area contributed by atoms with E-state index in [0.717, 1.165) is 16.3 Å². The zero-order chi connectivity index (χ0) is 13.7. The average molecular weight is 275 g/mol. The Morgan fingerprint density at radius 1 is 1.32 bits per heavy atom. The van der Waals surface area contributed by atoms with Crippen LogP contribution < -0.4 is 10.1 Å². The molecule has 5 nitrogen and oxygen atoms in total. The number of methoxy groups -OCH3 is 1. The van der Waals surface area contributed by atoms with E-state index in [2.05, 4.69) is 15.5 Å². The third kappa shape index (κ3) is 3.38. The van der Waals surface area contributed by atoms with Gasteiger partial charge in [-0.15, -0.1) is 10.2 Å². The zero-order valence-electron chi connectivity index (χ0n) is 10.6. The SMILES string of the molecule is C/C=C/C(=O)Nc1nnc(-c2ccc(OC)cc2)s1. The van der Waals surface area contributed by atoms with Crippen LogP contribution in [0.15, 0.2) is 36.4 Å². The fourth-order valence-corrected chi connectivity index (χ4v) is 2.17. The van der Waals surface area contributed by atoms with Gasteiger partial charge in [-0.1, -0.05) is 17.4 Å². The Labute approximate surface area is 114 Å². The highest BCUT2D eigenvalue weighted by molar-refractivity contribution is 7.18. The van der Waals surface area contributed by atoms with Gasteiger partial charge in [0.05, 0.1) is 7.11 Å². The van der Waals surface area contributed by atoms with Gasteiger partial charge < -0.3 is 4.74 Å². The summed E-state index contributed by atoms with van der Waals surface area (Å²) in [6.45, 7) is 1.78. The highest BCUT2D eigenvalue weighted by Gasteiger charge is 2.08. The van der Waals surface area contributed by atoms with Crippen molar-refractivity contribution in [2.75, 3.05) is 12.4 Å². The minimum Gasteiger partial charge on any atom is -0.497 e. The van der Waals surface area contributed by atoms with E-state index in [-0.39, 0.29) is 5.91 Å². The summed E-state index contributed by atoms with van der Waals surface area (Å²) in [5.41, 5.74) is 0.935. The van der Waals surface area contributed by atoms with E-state index < -0.39 is 0 Å². The van der Waals surface area contributed by atoms with Crippen molar-refractivity contribution in [3.63, 3.8) is 0 Å². The number of anilines is 1. The second kappa shape index (κ2) is 6.10. The van der Waals surface area contributed by atoms with Gasteiger partial charge in [-0.3, -0.25) is 10.1 Å². The number of carbonyl (C=O) groups excluding carboxylic acids is 1. The number of aromatic nitrogens is 2. The lowest BCUT2D eigenvalue weighted by Gasteiger charge is -1.99. The molecular weight excluding hydrogens is 262 g/mol. The lowest BCUT2D eigenvalue weighted by atomic mass is 10.2. The van der Waals surface area contributed by atoms with Crippen LogP contribution in [0.5, 0.6) is 5.75 Å². The Kier molecular flexibility index (Phi) is 4.25. The van der Waals surface area contributed by atoms with Gasteiger partial charge >= 0.3 is 0 Å². The lowest BCUT2D eigenvalue weighted by molar-refractivity contribution is -0.111. The van der Waals surface area contributed by atoms with Crippen molar-refractivity contribution in [3.05, 3.63) is 36.4 Å². The summed E-state index contributed by atoms with van der Waals surface area (Å²) in [6.07, 6.45) is 3.11. The van der Waals surface area contributed by atoms with E-state index in [0.29, 0.717) is 5.13 Å². The molecule has 98 valence electrons. The predicted molar refractivity (Wildman–Crippen MR) is 75.3 cm³/mol. The molecule has 0 aliphatic heterocycles. The standard InChI is InChI=1S/C13H13N3O2S/c1-3-4-11(17)14-13-16-15-12(19-13)9-5-7-10(18-2)8-6-9/h3-8H,1-2H3,(H,14,16,17)/b4-3+. The molecule has 0 radical (unpaired) electrons. The molecule has 0 saturated carbocycles. The second-order valence-corrected chi connectivity index (χ2v) is 4.61. The molecule has 0 saturated heterocycles. The molecule has 1 amide bonds. The molecule has 2 aromatic rings. The molecule has 1 N–H and O–H groups in total. The smallest absolute Gasteiger partial charge is 0.249 e. The maximum atomic E-state index is 11.4. The molecular formula is C13H13N3O2S. The number of nitrogens with one attached hydrogen (secondary N) is 1. The van der Waals surface area contributed by atoms with E-state index in [1.807, 2.05) is 24.3 Å². The summed E-state index contributed by atoms with van der Waals surface area (Å²) < 4.78 is 5.09. The third-order valence-electron chi connectivity index (χ3n) is 2.31. The highest BCUT2D eigenvalue weighted by Crippen LogP contribution is 2.27. The first-order chi connectivity index (χ1) is 9.22. The quantitative estimate of drug-likeness (QED) is 0.871. The third-order valence-corrected chi connectivity index (χ3v) is 3.20. The summed E-state index contributed by atoms with van der Waals surface area (Å²) in [6, 6.07) is 7.51. The van der Waals surface area contributed by atoms with Gasteiger partial charge in [0.25, 0.3) is 0 Å². The van der Waals surface area contributed by atoms with Gasteiger partial charge in [0.1, 0.15) is 10.8 Å². The molecule has 0 fully saturated rings. The number of hydrogen-bond acceptors (Lipinski definition) is 5. The van der Waals surface area contributed by atoms with E-state index in [1.165, 1.54) is 17.4 Å². The molecule has 0 aliphatic rings. The van der Waals surface area contributed by atoms with Crippen LogP contribution in [0.1, 0.15) is 6.92 Å². The summed E-state index contributed by atoms with van der Waals surface area (Å²) in [7, 11) is 1.62. The van der Waals surface area contributed by atoms with E-state index in [1.54, 1.807) is 20.1 Å². The minimum atomic E-state index is -0.208. The molecule has 0 unspecified atom stereocenters. The summed E-state index contributed by atoms with van der Waals surface area (Å²) in [5.74, 6) is 0.579. The Balaban J connectivity index is 2.13. The Morgan fingerprint density at radius 3 is 2.68 bits per heavy atom. The number of ether oxygens (including phenoxy) is 1. The van der Waals surface area contributed by atoms with Crippen LogP contribution in [0.4, 0.5) is 5.13 Å². The van der Waals surface area contributed by atoms with Crippen molar-refractivity contribution in [1.82, 2.24) is 10.2 Å². The summed E-state index contributed by atoms with van der Waals surface area (Å²) in [5, 5.41) is 11.9. The van der Waals surface area contributed by atoms with Crippen molar-refractivity contribution in [2.24, 2.45) is 0 Å². The number of allylic oxidation sites excluding steroid dienone is 1. The van der Waals surface area contributed by atoms with Crippen molar-refractivity contribution >= 4 is 22.4 Å².